The zero-order valence-electron chi connectivity index (χ0n) is 21.5. The summed E-state index contributed by atoms with van der Waals surface area (Å²) < 4.78 is 72.0. The molecule has 2 N–H and O–H groups in total. The molecule has 0 radical (unpaired) electrons. The summed E-state index contributed by atoms with van der Waals surface area (Å²) in [6.45, 7) is 0.273. The molecule has 2 aromatic heterocycles. The Morgan fingerprint density at radius 1 is 1.05 bits per heavy atom. The molecule has 0 saturated heterocycles. The molecule has 6 rings (SSSR count). The summed E-state index contributed by atoms with van der Waals surface area (Å²) in [5.74, 6) is -0.618. The number of alkyl halides is 3. The van der Waals surface area contributed by atoms with Crippen LogP contribution in [0.3, 0.4) is 0 Å². The van der Waals surface area contributed by atoms with Crippen LogP contribution < -0.4 is 10.6 Å². The van der Waals surface area contributed by atoms with Crippen LogP contribution in [0.1, 0.15) is 28.2 Å². The molecule has 0 spiro atoms. The number of aromatic nitrogens is 3. The number of carbonyl (C=O) groups excluding carboxylic acids is 1. The zero-order valence-corrected chi connectivity index (χ0v) is 22.3. The molecule has 3 heterocycles. The van der Waals surface area contributed by atoms with Gasteiger partial charge in [-0.2, -0.15) is 18.3 Å². The predicted octanol–water partition coefficient (Wildman–Crippen LogP) is 5.28. The summed E-state index contributed by atoms with van der Waals surface area (Å²) in [5.41, 5.74) is 7.32. The maximum atomic E-state index is 13.9. The molecule has 0 bridgehead atoms. The van der Waals surface area contributed by atoms with E-state index in [0.29, 0.717) is 40.6 Å². The number of amides is 1. The number of carbonyl (C=O) groups is 1. The Morgan fingerprint density at radius 3 is 2.59 bits per heavy atom. The number of rotatable bonds is 4. The Kier molecular flexibility index (Phi) is 6.14. The summed E-state index contributed by atoms with van der Waals surface area (Å²) in [6, 6.07) is 17.0. The Balaban J connectivity index is 1.43. The molecule has 3 aromatic carbocycles. The van der Waals surface area contributed by atoms with E-state index >= 15 is 0 Å². The van der Waals surface area contributed by atoms with E-state index < -0.39 is 27.6 Å². The van der Waals surface area contributed by atoms with Crippen molar-refractivity contribution in [2.75, 3.05) is 23.4 Å². The van der Waals surface area contributed by atoms with Gasteiger partial charge in [0.05, 0.1) is 16.0 Å². The lowest BCUT2D eigenvalue weighted by atomic mass is 9.96. The average Bonchev–Trinajstić information content (AvgIpc) is 3.56. The fourth-order valence-electron chi connectivity index (χ4n) is 5.09. The van der Waals surface area contributed by atoms with Crippen LogP contribution in [0, 0.1) is 0 Å². The molecule has 0 fully saturated rings. The van der Waals surface area contributed by atoms with Crippen molar-refractivity contribution in [3.05, 3.63) is 83.7 Å². The van der Waals surface area contributed by atoms with Crippen LogP contribution in [0.2, 0.25) is 0 Å². The van der Waals surface area contributed by atoms with E-state index in [1.54, 1.807) is 30.3 Å². The number of nitrogens with zero attached hydrogens (tertiary/aromatic N) is 4. The summed E-state index contributed by atoms with van der Waals surface area (Å²) in [5, 5.41) is 7.76. The molecule has 1 aliphatic rings. The van der Waals surface area contributed by atoms with Crippen molar-refractivity contribution in [1.29, 1.82) is 0 Å². The third-order valence-corrected chi connectivity index (χ3v) is 8.14. The topological polar surface area (TPSA) is 124 Å². The van der Waals surface area contributed by atoms with Crippen molar-refractivity contribution in [3.63, 3.8) is 0 Å². The molecule has 0 aliphatic carbocycles. The quantitative estimate of drug-likeness (QED) is 0.306. The fraction of sp³-hybridized carbons (Fsp3) is 0.179. The first kappa shape index (κ1) is 26.6. The lowest BCUT2D eigenvalue weighted by molar-refractivity contribution is -0.141. The van der Waals surface area contributed by atoms with Crippen molar-refractivity contribution in [2.45, 2.75) is 23.9 Å². The van der Waals surface area contributed by atoms with Crippen LogP contribution in [-0.2, 0) is 22.4 Å². The minimum atomic E-state index is -4.79. The van der Waals surface area contributed by atoms with Gasteiger partial charge in [-0.1, -0.05) is 29.4 Å². The van der Waals surface area contributed by atoms with Crippen molar-refractivity contribution in [2.24, 2.45) is 0 Å². The number of aryl methyl sites for hydroxylation is 1. The maximum Gasteiger partial charge on any atom is 0.435 e. The number of anilines is 2. The first-order valence-corrected chi connectivity index (χ1v) is 14.4. The van der Waals surface area contributed by atoms with E-state index in [2.05, 4.69) is 10.3 Å². The zero-order chi connectivity index (χ0) is 29.1. The van der Waals surface area contributed by atoms with Crippen LogP contribution in [0.4, 0.5) is 24.7 Å². The molecule has 41 heavy (non-hydrogen) atoms. The van der Waals surface area contributed by atoms with Crippen LogP contribution in [0.5, 0.6) is 0 Å². The van der Waals surface area contributed by atoms with E-state index in [1.165, 1.54) is 29.2 Å². The van der Waals surface area contributed by atoms with Crippen LogP contribution in [-0.4, -0.2) is 42.1 Å². The van der Waals surface area contributed by atoms with E-state index in [9.17, 15) is 26.4 Å². The highest BCUT2D eigenvalue weighted by Gasteiger charge is 2.37. The second-order valence-corrected chi connectivity index (χ2v) is 11.7. The number of benzene rings is 3. The number of fused-ring (bicyclic) bond motifs is 2. The Labute approximate surface area is 231 Å². The van der Waals surface area contributed by atoms with Gasteiger partial charge in [-0.15, -0.1) is 0 Å². The normalized spacial score (nSPS) is 13.9. The van der Waals surface area contributed by atoms with Gasteiger partial charge in [-0.3, -0.25) is 4.79 Å². The summed E-state index contributed by atoms with van der Waals surface area (Å²) in [7, 11) is -3.50. The first-order chi connectivity index (χ1) is 19.4. The second-order valence-electron chi connectivity index (χ2n) is 9.74. The van der Waals surface area contributed by atoms with Crippen LogP contribution in [0.25, 0.3) is 27.8 Å². The molecular formula is C28H22F3N5O4S. The Bertz CT molecular complexity index is 1950. The number of hydrogen-bond acceptors (Lipinski definition) is 7. The Hall–Kier alpha value is -4.65. The maximum absolute atomic E-state index is 13.9. The molecule has 1 aliphatic heterocycles. The third-order valence-electron chi connectivity index (χ3n) is 6.99. The number of nitrogens with two attached hydrogens (primary N) is 1. The minimum Gasteiger partial charge on any atom is -0.380 e. The van der Waals surface area contributed by atoms with E-state index in [-0.39, 0.29) is 28.6 Å². The van der Waals surface area contributed by atoms with Gasteiger partial charge in [0.25, 0.3) is 5.91 Å². The molecule has 0 saturated carbocycles. The number of sulfone groups is 1. The third kappa shape index (κ3) is 4.71. The highest BCUT2D eigenvalue weighted by molar-refractivity contribution is 7.90. The number of hydrogen-bond donors (Lipinski definition) is 1. The Morgan fingerprint density at radius 2 is 1.83 bits per heavy atom. The van der Waals surface area contributed by atoms with Gasteiger partial charge in [-0.05, 0) is 60.4 Å². The second kappa shape index (κ2) is 9.47. The molecule has 1 amide bonds. The molecule has 0 unspecified atom stereocenters. The standard InChI is InChI=1S/C28H22F3N5O4S/c1-41(38,39)24-7-3-2-6-19(24)16-8-10-21-17(13-16)5-4-12-35(21)27(37)22-15-25(28(29,30)31)33-36(22)18-9-11-23-20(14-18)26(32)34-40-23/h2-3,6-11,13-15H,4-5,12H2,1H3,(H2,32,34). The molecule has 9 nitrogen and oxygen atoms in total. The highest BCUT2D eigenvalue weighted by atomic mass is 32.2. The predicted molar refractivity (Wildman–Crippen MR) is 146 cm³/mol. The minimum absolute atomic E-state index is 0.0520. The van der Waals surface area contributed by atoms with Gasteiger partial charge in [0, 0.05) is 30.1 Å². The van der Waals surface area contributed by atoms with Crippen molar-refractivity contribution >= 4 is 38.2 Å². The van der Waals surface area contributed by atoms with Gasteiger partial charge in [0.15, 0.2) is 26.9 Å². The largest absolute Gasteiger partial charge is 0.435 e. The summed E-state index contributed by atoms with van der Waals surface area (Å²) in [4.78, 5) is 15.5. The van der Waals surface area contributed by atoms with Crippen molar-refractivity contribution in [1.82, 2.24) is 14.9 Å². The van der Waals surface area contributed by atoms with Crippen LogP contribution in [0.15, 0.2) is 76.1 Å². The average molecular weight is 582 g/mol. The number of nitrogen functional groups attached to an aromatic ring is 1. The molecule has 0 atom stereocenters. The van der Waals surface area contributed by atoms with Gasteiger partial charge in [0.2, 0.25) is 0 Å². The first-order valence-electron chi connectivity index (χ1n) is 12.5. The molecular weight excluding hydrogens is 559 g/mol. The van der Waals surface area contributed by atoms with E-state index in [4.69, 9.17) is 10.3 Å². The van der Waals surface area contributed by atoms with Crippen molar-refractivity contribution in [3.8, 4) is 16.8 Å². The molecule has 13 heteroatoms. The highest BCUT2D eigenvalue weighted by Crippen LogP contribution is 2.36. The van der Waals surface area contributed by atoms with E-state index in [1.807, 2.05) is 6.07 Å². The smallest absolute Gasteiger partial charge is 0.380 e. The van der Waals surface area contributed by atoms with Crippen molar-refractivity contribution < 1.29 is 30.9 Å². The summed E-state index contributed by atoms with van der Waals surface area (Å²) >= 11 is 0. The van der Waals surface area contributed by atoms with E-state index in [0.717, 1.165) is 22.6 Å². The lowest BCUT2D eigenvalue weighted by Gasteiger charge is -2.30. The van der Waals surface area contributed by atoms with Gasteiger partial charge in [0.1, 0.15) is 5.69 Å². The van der Waals surface area contributed by atoms with Crippen LogP contribution >= 0.6 is 0 Å². The monoisotopic (exact) mass is 581 g/mol. The summed E-state index contributed by atoms with van der Waals surface area (Å²) in [6.07, 6.45) is -2.50. The molecule has 5 aromatic rings. The van der Waals surface area contributed by atoms with Gasteiger partial charge < -0.3 is 15.2 Å². The fourth-order valence-corrected chi connectivity index (χ4v) is 6.00. The number of halogens is 3. The van der Waals surface area contributed by atoms with Gasteiger partial charge >= 0.3 is 6.18 Å². The molecule has 210 valence electrons. The SMILES string of the molecule is CS(=O)(=O)c1ccccc1-c1ccc2c(c1)CCCN2C(=O)c1cc(C(F)(F)F)nn1-c1ccc2onc(N)c2c1. The van der Waals surface area contributed by atoms with Gasteiger partial charge in [-0.25, -0.2) is 13.1 Å². The lowest BCUT2D eigenvalue weighted by Crippen LogP contribution is -2.36.